The molecule has 0 saturated heterocycles. The van der Waals surface area contributed by atoms with Crippen molar-refractivity contribution in [1.29, 1.82) is 0 Å². The summed E-state index contributed by atoms with van der Waals surface area (Å²) < 4.78 is 2.15. The number of hydrogen-bond acceptors (Lipinski definition) is 4. The van der Waals surface area contributed by atoms with Gasteiger partial charge in [-0.15, -0.1) is 0 Å². The quantitative estimate of drug-likeness (QED) is 0.863. The van der Waals surface area contributed by atoms with Gasteiger partial charge in [-0.1, -0.05) is 0 Å². The molecule has 0 aliphatic carbocycles. The molecule has 112 valence electrons. The molecule has 0 radical (unpaired) electrons. The summed E-state index contributed by atoms with van der Waals surface area (Å²) in [5.74, 6) is -0.801. The molecular formula is C15H19N3O3. The number of fused-ring (bicyclic) bond motifs is 3. The molecule has 0 fully saturated rings. The number of carbonyl (C=O) groups is 1. The Bertz CT molecular complexity index is 680. The maximum absolute atomic E-state index is 11.2. The van der Waals surface area contributed by atoms with Gasteiger partial charge in [-0.3, -0.25) is 4.79 Å². The number of hydrogen-bond donors (Lipinski definition) is 1. The molecule has 3 heterocycles. The van der Waals surface area contributed by atoms with Crippen LogP contribution in [-0.4, -0.2) is 45.9 Å². The van der Waals surface area contributed by atoms with Crippen molar-refractivity contribution in [3.8, 4) is 0 Å². The lowest BCUT2D eigenvalue weighted by molar-refractivity contribution is -0.147. The van der Waals surface area contributed by atoms with E-state index in [0.717, 1.165) is 41.7 Å². The lowest BCUT2D eigenvalue weighted by atomic mass is 10.0. The average molecular weight is 289 g/mol. The molecule has 6 heteroatoms. The Balaban J connectivity index is 2.09. The summed E-state index contributed by atoms with van der Waals surface area (Å²) in [6.07, 6.45) is 3.60. The summed E-state index contributed by atoms with van der Waals surface area (Å²) in [5.41, 5.74) is 2.88. The van der Waals surface area contributed by atoms with Crippen molar-refractivity contribution in [2.45, 2.75) is 31.8 Å². The van der Waals surface area contributed by atoms with Gasteiger partial charge in [-0.25, -0.2) is 4.98 Å². The summed E-state index contributed by atoms with van der Waals surface area (Å²) in [5, 5.41) is 12.0. The third kappa shape index (κ3) is 2.41. The zero-order chi connectivity index (χ0) is 15.0. The number of pyridine rings is 1. The van der Waals surface area contributed by atoms with Gasteiger partial charge in [0.25, 0.3) is 0 Å². The Hall–Kier alpha value is -1.92. The van der Waals surface area contributed by atoms with E-state index < -0.39 is 5.97 Å². The average Bonchev–Trinajstić information content (AvgIpc) is 2.80. The highest BCUT2D eigenvalue weighted by Gasteiger charge is 2.28. The maximum atomic E-state index is 11.2. The standard InChI is InChI=1S/C15H19N3O3/c1-17(21-2)10-5-6-13-12(8-14(19)20)11-4-3-7-16-15(11)18(13)9-10/h3-4,7,10H,5-6,8-9H2,1-2H3,(H,19,20). The first kappa shape index (κ1) is 14.0. The number of rotatable bonds is 4. The molecule has 0 bridgehead atoms. The molecule has 6 nitrogen and oxygen atoms in total. The summed E-state index contributed by atoms with van der Waals surface area (Å²) >= 11 is 0. The summed E-state index contributed by atoms with van der Waals surface area (Å²) in [6.45, 7) is 0.771. The Morgan fingerprint density at radius 3 is 3.14 bits per heavy atom. The monoisotopic (exact) mass is 289 g/mol. The highest BCUT2D eigenvalue weighted by molar-refractivity contribution is 5.86. The van der Waals surface area contributed by atoms with Gasteiger partial charge in [-0.05, 0) is 30.5 Å². The Morgan fingerprint density at radius 1 is 1.62 bits per heavy atom. The highest BCUT2D eigenvalue weighted by Crippen LogP contribution is 2.31. The second-order valence-electron chi connectivity index (χ2n) is 5.40. The van der Waals surface area contributed by atoms with Crippen LogP contribution in [0.15, 0.2) is 18.3 Å². The van der Waals surface area contributed by atoms with Crippen LogP contribution in [0.25, 0.3) is 11.0 Å². The number of carboxylic acid groups (broad SMARTS) is 1. The van der Waals surface area contributed by atoms with Gasteiger partial charge < -0.3 is 14.5 Å². The minimum atomic E-state index is -0.801. The molecule has 0 amide bonds. The van der Waals surface area contributed by atoms with Crippen molar-refractivity contribution in [3.63, 3.8) is 0 Å². The molecule has 0 aromatic carbocycles. The summed E-state index contributed by atoms with van der Waals surface area (Å²) in [7, 11) is 3.59. The predicted octanol–water partition coefficient (Wildman–Crippen LogP) is 1.47. The first-order valence-electron chi connectivity index (χ1n) is 7.05. The van der Waals surface area contributed by atoms with E-state index in [1.54, 1.807) is 13.3 Å². The molecule has 1 aliphatic heterocycles. The van der Waals surface area contributed by atoms with E-state index in [9.17, 15) is 4.79 Å². The van der Waals surface area contributed by atoms with Crippen LogP contribution in [0.4, 0.5) is 0 Å². The van der Waals surface area contributed by atoms with E-state index in [0.29, 0.717) is 0 Å². The third-order valence-corrected chi connectivity index (χ3v) is 4.28. The zero-order valence-electron chi connectivity index (χ0n) is 12.2. The molecule has 0 spiro atoms. The molecule has 0 saturated carbocycles. The van der Waals surface area contributed by atoms with Crippen molar-refractivity contribution in [3.05, 3.63) is 29.6 Å². The van der Waals surface area contributed by atoms with E-state index in [1.165, 1.54) is 0 Å². The zero-order valence-corrected chi connectivity index (χ0v) is 12.2. The van der Waals surface area contributed by atoms with Crippen LogP contribution in [-0.2, 0) is 29.0 Å². The topological polar surface area (TPSA) is 67.6 Å². The largest absolute Gasteiger partial charge is 0.481 e. The number of likely N-dealkylation sites (N-methyl/N-ethyl adjacent to an activating group) is 1. The smallest absolute Gasteiger partial charge is 0.307 e. The normalized spacial score (nSPS) is 18.1. The lowest BCUT2D eigenvalue weighted by Crippen LogP contribution is -2.38. The van der Waals surface area contributed by atoms with Gasteiger partial charge in [0, 0.05) is 30.9 Å². The molecule has 3 rings (SSSR count). The Morgan fingerprint density at radius 2 is 2.43 bits per heavy atom. The number of carboxylic acids is 1. The molecule has 21 heavy (non-hydrogen) atoms. The fourth-order valence-electron chi connectivity index (χ4n) is 3.18. The van der Waals surface area contributed by atoms with Crippen LogP contribution in [0, 0.1) is 0 Å². The van der Waals surface area contributed by atoms with E-state index in [-0.39, 0.29) is 12.5 Å². The van der Waals surface area contributed by atoms with E-state index in [4.69, 9.17) is 9.94 Å². The minimum absolute atomic E-state index is 0.0509. The number of hydroxylamine groups is 2. The van der Waals surface area contributed by atoms with Gasteiger partial charge in [0.1, 0.15) is 5.65 Å². The molecular weight excluding hydrogens is 270 g/mol. The van der Waals surface area contributed by atoms with Crippen molar-refractivity contribution in [2.75, 3.05) is 14.2 Å². The number of nitrogens with zero attached hydrogens (tertiary/aromatic N) is 3. The van der Waals surface area contributed by atoms with Gasteiger partial charge in [-0.2, -0.15) is 5.06 Å². The van der Waals surface area contributed by atoms with E-state index in [2.05, 4.69) is 9.55 Å². The lowest BCUT2D eigenvalue weighted by Gasteiger charge is -2.31. The van der Waals surface area contributed by atoms with Crippen molar-refractivity contribution in [2.24, 2.45) is 0 Å². The fourth-order valence-corrected chi connectivity index (χ4v) is 3.18. The maximum Gasteiger partial charge on any atom is 0.307 e. The predicted molar refractivity (Wildman–Crippen MR) is 78.0 cm³/mol. The van der Waals surface area contributed by atoms with Crippen molar-refractivity contribution >= 4 is 17.0 Å². The van der Waals surface area contributed by atoms with Crippen LogP contribution in [0.5, 0.6) is 0 Å². The molecule has 1 N–H and O–H groups in total. The van der Waals surface area contributed by atoms with Crippen LogP contribution in [0.2, 0.25) is 0 Å². The Kier molecular flexibility index (Phi) is 3.65. The van der Waals surface area contributed by atoms with Gasteiger partial charge in [0.05, 0.1) is 19.6 Å². The number of aromatic nitrogens is 2. The summed E-state index contributed by atoms with van der Waals surface area (Å²) in [6, 6.07) is 4.09. The molecule has 1 unspecified atom stereocenters. The van der Waals surface area contributed by atoms with Crippen LogP contribution in [0.3, 0.4) is 0 Å². The van der Waals surface area contributed by atoms with E-state index in [1.807, 2.05) is 24.2 Å². The molecule has 2 aromatic heterocycles. The van der Waals surface area contributed by atoms with Crippen molar-refractivity contribution < 1.29 is 14.7 Å². The molecule has 1 atom stereocenters. The van der Waals surface area contributed by atoms with Gasteiger partial charge >= 0.3 is 5.97 Å². The molecule has 2 aromatic rings. The van der Waals surface area contributed by atoms with Gasteiger partial charge in [0.2, 0.25) is 0 Å². The van der Waals surface area contributed by atoms with Crippen molar-refractivity contribution in [1.82, 2.24) is 14.6 Å². The molecule has 1 aliphatic rings. The second-order valence-corrected chi connectivity index (χ2v) is 5.40. The fraction of sp³-hybridized carbons (Fsp3) is 0.467. The van der Waals surface area contributed by atoms with Crippen LogP contribution < -0.4 is 0 Å². The van der Waals surface area contributed by atoms with Crippen LogP contribution in [0.1, 0.15) is 17.7 Å². The van der Waals surface area contributed by atoms with Gasteiger partial charge in [0.15, 0.2) is 0 Å². The first-order valence-corrected chi connectivity index (χ1v) is 7.05. The minimum Gasteiger partial charge on any atom is -0.481 e. The first-order chi connectivity index (χ1) is 10.1. The summed E-state index contributed by atoms with van der Waals surface area (Å²) in [4.78, 5) is 20.9. The highest BCUT2D eigenvalue weighted by atomic mass is 16.7. The number of aliphatic carboxylic acids is 1. The second kappa shape index (κ2) is 5.46. The SMILES string of the molecule is CON(C)C1CCc2c(CC(=O)O)c3cccnc3n2C1. The van der Waals surface area contributed by atoms with E-state index >= 15 is 0 Å². The Labute approximate surface area is 122 Å². The third-order valence-electron chi connectivity index (χ3n) is 4.28. The van der Waals surface area contributed by atoms with Crippen LogP contribution >= 0.6 is 0 Å².